The van der Waals surface area contributed by atoms with Gasteiger partial charge in [0.15, 0.2) is 34.2 Å². The predicted molar refractivity (Wildman–Crippen MR) is 115 cm³/mol. The van der Waals surface area contributed by atoms with Crippen LogP contribution >= 0.6 is 12.2 Å². The van der Waals surface area contributed by atoms with E-state index in [1.807, 2.05) is 0 Å². The van der Waals surface area contributed by atoms with Crippen LogP contribution in [0.2, 0.25) is 0 Å². The van der Waals surface area contributed by atoms with Crippen LogP contribution in [0, 0.1) is 36.0 Å². The Morgan fingerprint density at radius 1 is 1.00 bits per heavy atom. The number of halogens is 5. The molecule has 0 spiro atoms. The minimum atomic E-state index is -2.23. The van der Waals surface area contributed by atoms with E-state index in [0.29, 0.717) is 11.3 Å². The summed E-state index contributed by atoms with van der Waals surface area (Å²) in [7, 11) is 0. The summed E-state index contributed by atoms with van der Waals surface area (Å²) in [4.78, 5) is 11.6. The summed E-state index contributed by atoms with van der Waals surface area (Å²) in [6.07, 6.45) is 1.27. The van der Waals surface area contributed by atoms with Crippen LogP contribution in [0.4, 0.5) is 33.5 Å². The van der Waals surface area contributed by atoms with Crippen LogP contribution in [0.25, 0.3) is 11.0 Å². The standard InChI is InChI=1S/C21H13F5N4O2S/c1-9-6-15(31)32-13-7-10(2-3-11(9)13)27-21(33)28-14-4-5-30(29-14)8-12-16(22)18(24)20(26)19(25)17(12)23/h2-7H,8H2,1H3,(H2,27,28,29,33). The van der Waals surface area contributed by atoms with Gasteiger partial charge in [-0.2, -0.15) is 5.10 Å². The van der Waals surface area contributed by atoms with E-state index in [1.165, 1.54) is 18.3 Å². The number of anilines is 2. The van der Waals surface area contributed by atoms with Crippen molar-refractivity contribution in [2.75, 3.05) is 10.6 Å². The average Bonchev–Trinajstić information content (AvgIpc) is 3.20. The van der Waals surface area contributed by atoms with Gasteiger partial charge < -0.3 is 15.1 Å². The summed E-state index contributed by atoms with van der Waals surface area (Å²) >= 11 is 5.20. The Morgan fingerprint density at radius 2 is 1.67 bits per heavy atom. The molecule has 0 bridgehead atoms. The van der Waals surface area contributed by atoms with Gasteiger partial charge in [0.2, 0.25) is 5.82 Å². The molecule has 0 radical (unpaired) electrons. The van der Waals surface area contributed by atoms with E-state index in [-0.39, 0.29) is 10.9 Å². The first-order chi connectivity index (χ1) is 15.6. The Morgan fingerprint density at radius 3 is 2.36 bits per heavy atom. The SMILES string of the molecule is Cc1cc(=O)oc2cc(NC(=S)Nc3ccn(Cc4c(F)c(F)c(F)c(F)c4F)n3)ccc12. The van der Waals surface area contributed by atoms with Gasteiger partial charge in [-0.05, 0) is 36.8 Å². The van der Waals surface area contributed by atoms with E-state index in [0.717, 1.165) is 15.6 Å². The minimum Gasteiger partial charge on any atom is -0.423 e. The van der Waals surface area contributed by atoms with Crippen molar-refractivity contribution in [3.8, 4) is 0 Å². The molecule has 0 fully saturated rings. The topological polar surface area (TPSA) is 72.1 Å². The lowest BCUT2D eigenvalue weighted by atomic mass is 10.1. The van der Waals surface area contributed by atoms with Crippen molar-refractivity contribution < 1.29 is 26.4 Å². The normalized spacial score (nSPS) is 11.1. The number of rotatable bonds is 4. The number of hydrogen-bond acceptors (Lipinski definition) is 4. The zero-order valence-corrected chi connectivity index (χ0v) is 17.5. The second-order valence-corrected chi connectivity index (χ2v) is 7.39. The molecule has 0 unspecified atom stereocenters. The maximum Gasteiger partial charge on any atom is 0.336 e. The number of nitrogens with zero attached hydrogens (tertiary/aromatic N) is 2. The van der Waals surface area contributed by atoms with Crippen molar-refractivity contribution in [3.63, 3.8) is 0 Å². The minimum absolute atomic E-state index is 0.0887. The number of aryl methyl sites for hydroxylation is 1. The van der Waals surface area contributed by atoms with Crippen LogP contribution in [0.5, 0.6) is 0 Å². The summed E-state index contributed by atoms with van der Waals surface area (Å²) < 4.78 is 73.8. The first kappa shape index (κ1) is 22.4. The molecule has 0 amide bonds. The molecule has 0 atom stereocenters. The predicted octanol–water partition coefficient (Wildman–Crippen LogP) is 4.85. The van der Waals surface area contributed by atoms with Gasteiger partial charge in [0.25, 0.3) is 0 Å². The molecule has 2 N–H and O–H groups in total. The summed E-state index contributed by atoms with van der Waals surface area (Å²) in [5.41, 5.74) is 0.120. The number of hydrogen-bond donors (Lipinski definition) is 2. The van der Waals surface area contributed by atoms with Crippen LogP contribution in [0.15, 0.2) is 45.7 Å². The van der Waals surface area contributed by atoms with E-state index in [9.17, 15) is 26.7 Å². The molecule has 0 aliphatic rings. The molecule has 0 saturated heterocycles. The molecule has 4 rings (SSSR count). The van der Waals surface area contributed by atoms with Crippen molar-refractivity contribution in [3.05, 3.63) is 87.2 Å². The van der Waals surface area contributed by atoms with E-state index in [4.69, 9.17) is 16.6 Å². The van der Waals surface area contributed by atoms with E-state index < -0.39 is 46.8 Å². The van der Waals surface area contributed by atoms with Gasteiger partial charge in [-0.15, -0.1) is 0 Å². The van der Waals surface area contributed by atoms with E-state index >= 15 is 0 Å². The Labute approximate surface area is 187 Å². The molecule has 170 valence electrons. The Balaban J connectivity index is 1.48. The molecule has 6 nitrogen and oxygen atoms in total. The third-order valence-corrected chi connectivity index (χ3v) is 4.92. The number of thiocarbonyl (C=S) groups is 1. The van der Waals surface area contributed by atoms with Crippen LogP contribution in [-0.4, -0.2) is 14.9 Å². The van der Waals surface area contributed by atoms with E-state index in [1.54, 1.807) is 25.1 Å². The maximum absolute atomic E-state index is 13.9. The fourth-order valence-electron chi connectivity index (χ4n) is 3.15. The van der Waals surface area contributed by atoms with Gasteiger partial charge in [0.1, 0.15) is 5.58 Å². The van der Waals surface area contributed by atoms with Crippen molar-refractivity contribution >= 4 is 39.8 Å². The molecule has 33 heavy (non-hydrogen) atoms. The van der Waals surface area contributed by atoms with Crippen molar-refractivity contribution in [1.29, 1.82) is 0 Å². The van der Waals surface area contributed by atoms with Crippen molar-refractivity contribution in [2.45, 2.75) is 13.5 Å². The number of fused-ring (bicyclic) bond motifs is 1. The average molecular weight is 480 g/mol. The lowest BCUT2D eigenvalue weighted by molar-refractivity contribution is 0.367. The van der Waals surface area contributed by atoms with Gasteiger partial charge in [-0.1, -0.05) is 0 Å². The van der Waals surface area contributed by atoms with Crippen LogP contribution < -0.4 is 16.3 Å². The quantitative estimate of drug-likeness (QED) is 0.143. The molecule has 0 saturated carbocycles. The van der Waals surface area contributed by atoms with Gasteiger partial charge in [0.05, 0.1) is 12.1 Å². The Kier molecular flexibility index (Phi) is 5.85. The lowest BCUT2D eigenvalue weighted by Crippen LogP contribution is -2.19. The molecule has 2 aromatic carbocycles. The third kappa shape index (κ3) is 4.42. The first-order valence-electron chi connectivity index (χ1n) is 9.30. The summed E-state index contributed by atoms with van der Waals surface area (Å²) in [6.45, 7) is 1.08. The molecule has 0 aliphatic heterocycles. The van der Waals surface area contributed by atoms with Crippen LogP contribution in [0.3, 0.4) is 0 Å². The van der Waals surface area contributed by atoms with Gasteiger partial charge in [0, 0.05) is 35.5 Å². The fourth-order valence-corrected chi connectivity index (χ4v) is 3.37. The van der Waals surface area contributed by atoms with Crippen LogP contribution in [0.1, 0.15) is 11.1 Å². The zero-order chi connectivity index (χ0) is 23.9. The van der Waals surface area contributed by atoms with Gasteiger partial charge in [-0.3, -0.25) is 4.68 Å². The highest BCUT2D eigenvalue weighted by Gasteiger charge is 2.25. The number of benzene rings is 2. The van der Waals surface area contributed by atoms with E-state index in [2.05, 4.69) is 15.7 Å². The Hall–Kier alpha value is -3.80. The molecule has 0 aliphatic carbocycles. The first-order valence-corrected chi connectivity index (χ1v) is 9.71. The molecular weight excluding hydrogens is 467 g/mol. The highest BCUT2D eigenvalue weighted by Crippen LogP contribution is 2.24. The second kappa shape index (κ2) is 8.62. The van der Waals surface area contributed by atoms with Crippen molar-refractivity contribution in [1.82, 2.24) is 9.78 Å². The highest BCUT2D eigenvalue weighted by molar-refractivity contribution is 7.80. The fraction of sp³-hybridized carbons (Fsp3) is 0.0952. The van der Waals surface area contributed by atoms with Gasteiger partial charge in [-0.25, -0.2) is 26.7 Å². The number of aromatic nitrogens is 2. The molecule has 2 aromatic heterocycles. The van der Waals surface area contributed by atoms with Crippen molar-refractivity contribution in [2.24, 2.45) is 0 Å². The number of nitrogens with one attached hydrogen (secondary N) is 2. The molecular formula is C21H13F5N4O2S. The summed E-state index contributed by atoms with van der Waals surface area (Å²) in [5.74, 6) is -9.98. The highest BCUT2D eigenvalue weighted by atomic mass is 32.1. The second-order valence-electron chi connectivity index (χ2n) is 6.99. The molecule has 2 heterocycles. The Bertz CT molecular complexity index is 1440. The maximum atomic E-state index is 13.9. The summed E-state index contributed by atoms with van der Waals surface area (Å²) in [5, 5.41) is 10.4. The summed E-state index contributed by atoms with van der Waals surface area (Å²) in [6, 6.07) is 7.81. The van der Waals surface area contributed by atoms with Gasteiger partial charge >= 0.3 is 5.63 Å². The molecule has 4 aromatic rings. The largest absolute Gasteiger partial charge is 0.423 e. The lowest BCUT2D eigenvalue weighted by Gasteiger charge is -2.10. The monoisotopic (exact) mass is 480 g/mol. The third-order valence-electron chi connectivity index (χ3n) is 4.71. The zero-order valence-electron chi connectivity index (χ0n) is 16.7. The van der Waals surface area contributed by atoms with Crippen LogP contribution in [-0.2, 0) is 6.54 Å². The smallest absolute Gasteiger partial charge is 0.336 e. The molecule has 12 heteroatoms.